The quantitative estimate of drug-likeness (QED) is 0.407. The molecule has 3 heterocycles. The third kappa shape index (κ3) is 7.75. The van der Waals surface area contributed by atoms with Gasteiger partial charge in [0.2, 0.25) is 11.9 Å². The summed E-state index contributed by atoms with van der Waals surface area (Å²) in [5, 5.41) is 5.97. The van der Waals surface area contributed by atoms with Crippen molar-refractivity contribution in [2.24, 2.45) is 0 Å². The van der Waals surface area contributed by atoms with Crippen LogP contribution in [0.2, 0.25) is 0 Å². The van der Waals surface area contributed by atoms with Gasteiger partial charge in [0.1, 0.15) is 11.4 Å². The largest absolute Gasteiger partial charge is 0.421 e. The van der Waals surface area contributed by atoms with E-state index in [1.54, 1.807) is 4.90 Å². The maximum absolute atomic E-state index is 13.7. The van der Waals surface area contributed by atoms with Gasteiger partial charge in [0.05, 0.1) is 19.6 Å². The molecule has 0 aliphatic carbocycles. The zero-order valence-corrected chi connectivity index (χ0v) is 23.6. The Morgan fingerprint density at radius 2 is 1.88 bits per heavy atom. The summed E-state index contributed by atoms with van der Waals surface area (Å²) in [6.45, 7) is 13.3. The predicted octanol–water partition coefficient (Wildman–Crippen LogP) is 4.56. The third-order valence-electron chi connectivity index (χ3n) is 7.40. The predicted molar refractivity (Wildman–Crippen MR) is 150 cm³/mol. The maximum Gasteiger partial charge on any atom is 0.421 e. The molecule has 2 saturated heterocycles. The van der Waals surface area contributed by atoms with Crippen molar-refractivity contribution in [2.45, 2.75) is 45.7 Å². The second-order valence-electron chi connectivity index (χ2n) is 10.4. The summed E-state index contributed by atoms with van der Waals surface area (Å²) in [4.78, 5) is 26.8. The second kappa shape index (κ2) is 13.5. The third-order valence-corrected chi connectivity index (χ3v) is 7.40. The van der Waals surface area contributed by atoms with Crippen LogP contribution in [0.5, 0.6) is 0 Å². The second-order valence-corrected chi connectivity index (χ2v) is 10.4. The summed E-state index contributed by atoms with van der Waals surface area (Å²) in [5.41, 5.74) is 2.01. The first kappa shape index (κ1) is 29.9. The van der Waals surface area contributed by atoms with Crippen molar-refractivity contribution in [3.8, 4) is 0 Å². The number of hydrogen-bond acceptors (Lipinski definition) is 8. The van der Waals surface area contributed by atoms with Crippen LogP contribution in [-0.4, -0.2) is 91.2 Å². The van der Waals surface area contributed by atoms with Gasteiger partial charge in [-0.05, 0) is 42.6 Å². The molecule has 0 radical (unpaired) electrons. The van der Waals surface area contributed by atoms with E-state index in [4.69, 9.17) is 4.74 Å². The van der Waals surface area contributed by atoms with Gasteiger partial charge < -0.3 is 30.1 Å². The van der Waals surface area contributed by atoms with E-state index >= 15 is 0 Å². The van der Waals surface area contributed by atoms with Gasteiger partial charge in [-0.25, -0.2) is 4.98 Å². The average molecular weight is 564 g/mol. The Hall–Kier alpha value is -3.12. The molecule has 1 amide bonds. The Morgan fingerprint density at radius 3 is 2.58 bits per heavy atom. The lowest BCUT2D eigenvalue weighted by molar-refractivity contribution is -0.137. The first-order valence-electron chi connectivity index (χ1n) is 14.1. The summed E-state index contributed by atoms with van der Waals surface area (Å²) in [5.74, 6) is -0.0238. The lowest BCUT2D eigenvalue weighted by atomic mass is 9.99. The van der Waals surface area contributed by atoms with Crippen LogP contribution >= 0.6 is 0 Å². The van der Waals surface area contributed by atoms with Crippen molar-refractivity contribution in [1.29, 1.82) is 0 Å². The van der Waals surface area contributed by atoms with Crippen LogP contribution < -0.4 is 15.5 Å². The molecule has 2 fully saturated rings. The molecule has 0 saturated carbocycles. The number of halogens is 3. The van der Waals surface area contributed by atoms with E-state index in [2.05, 4.69) is 57.2 Å². The SMILES string of the molecule is CCN1CCN(c2ccc(Nc3ncc(C(F)(F)F)c(NCCCN4CCOCCC4=O)n3)c(C(C)C)c2)CC1. The number of rotatable bonds is 10. The number of carbonyl (C=O) groups excluding carboxylic acids is 1. The Labute approximate surface area is 234 Å². The van der Waals surface area contributed by atoms with Gasteiger partial charge in [-0.15, -0.1) is 0 Å². The van der Waals surface area contributed by atoms with E-state index in [9.17, 15) is 18.0 Å². The van der Waals surface area contributed by atoms with Crippen LogP contribution in [-0.2, 0) is 15.7 Å². The summed E-state index contributed by atoms with van der Waals surface area (Å²) < 4.78 is 46.5. The standard InChI is InChI=1S/C28H40F3N7O2/c1-4-36-11-13-37(14-12-36)21-6-7-24(22(18-21)20(2)3)34-27-33-19-23(28(29,30)31)26(35-27)32-9-5-10-38-15-17-40-16-8-25(38)39/h6-7,18-20H,4-5,8-17H2,1-3H3,(H2,32,33,34,35). The van der Waals surface area contributed by atoms with Crippen LogP contribution in [0, 0.1) is 0 Å². The van der Waals surface area contributed by atoms with Crippen molar-refractivity contribution in [1.82, 2.24) is 19.8 Å². The van der Waals surface area contributed by atoms with Crippen LogP contribution in [0.1, 0.15) is 50.7 Å². The number of anilines is 4. The van der Waals surface area contributed by atoms with Crippen molar-refractivity contribution in [2.75, 3.05) is 81.1 Å². The van der Waals surface area contributed by atoms with Gasteiger partial charge in [-0.1, -0.05) is 20.8 Å². The number of benzene rings is 1. The number of likely N-dealkylation sites (N-methyl/N-ethyl adjacent to an activating group) is 1. The van der Waals surface area contributed by atoms with Crippen LogP contribution in [0.4, 0.5) is 36.3 Å². The highest BCUT2D eigenvalue weighted by atomic mass is 19.4. The van der Waals surface area contributed by atoms with Crippen molar-refractivity contribution in [3.63, 3.8) is 0 Å². The summed E-state index contributed by atoms with van der Waals surface area (Å²) in [6.07, 6.45) is -3.00. The number of ether oxygens (including phenoxy) is 1. The first-order valence-corrected chi connectivity index (χ1v) is 14.1. The van der Waals surface area contributed by atoms with Crippen LogP contribution in [0.25, 0.3) is 0 Å². The number of amides is 1. The first-order chi connectivity index (χ1) is 19.2. The number of nitrogens with zero attached hydrogens (tertiary/aromatic N) is 5. The van der Waals surface area contributed by atoms with E-state index in [1.807, 2.05) is 12.1 Å². The molecule has 1 aromatic heterocycles. The molecule has 0 bridgehead atoms. The molecule has 40 heavy (non-hydrogen) atoms. The monoisotopic (exact) mass is 563 g/mol. The number of nitrogens with one attached hydrogen (secondary N) is 2. The fraction of sp³-hybridized carbons (Fsp3) is 0.607. The molecule has 2 aromatic rings. The van der Waals surface area contributed by atoms with Crippen LogP contribution in [0.3, 0.4) is 0 Å². The minimum absolute atomic E-state index is 0.00260. The van der Waals surface area contributed by atoms with Gasteiger partial charge in [0, 0.05) is 63.4 Å². The van der Waals surface area contributed by atoms with Gasteiger partial charge in [-0.2, -0.15) is 18.2 Å². The highest BCUT2D eigenvalue weighted by molar-refractivity contribution is 5.76. The molecule has 2 aliphatic rings. The lowest BCUT2D eigenvalue weighted by Gasteiger charge is -2.36. The molecule has 0 unspecified atom stereocenters. The van der Waals surface area contributed by atoms with Crippen molar-refractivity contribution in [3.05, 3.63) is 35.5 Å². The molecular formula is C28H40F3N7O2. The summed E-state index contributed by atoms with van der Waals surface area (Å²) in [6, 6.07) is 6.13. The van der Waals surface area contributed by atoms with Gasteiger partial charge >= 0.3 is 6.18 Å². The Morgan fingerprint density at radius 1 is 1.10 bits per heavy atom. The van der Waals surface area contributed by atoms with Crippen LogP contribution in [0.15, 0.2) is 24.4 Å². The molecule has 2 N–H and O–H groups in total. The molecule has 0 atom stereocenters. The molecular weight excluding hydrogens is 523 g/mol. The lowest BCUT2D eigenvalue weighted by Crippen LogP contribution is -2.46. The number of carbonyl (C=O) groups is 1. The topological polar surface area (TPSA) is 85.9 Å². The molecule has 0 spiro atoms. The zero-order chi connectivity index (χ0) is 28.7. The van der Waals surface area contributed by atoms with E-state index in [0.29, 0.717) is 39.1 Å². The maximum atomic E-state index is 13.7. The number of piperazine rings is 1. The van der Waals surface area contributed by atoms with E-state index in [1.165, 1.54) is 0 Å². The van der Waals surface area contributed by atoms with Crippen molar-refractivity contribution >= 4 is 29.0 Å². The van der Waals surface area contributed by atoms with E-state index in [0.717, 1.165) is 55.9 Å². The van der Waals surface area contributed by atoms with Gasteiger partial charge in [0.15, 0.2) is 0 Å². The number of aromatic nitrogens is 2. The van der Waals surface area contributed by atoms with Gasteiger partial charge in [0.25, 0.3) is 0 Å². The molecule has 12 heteroatoms. The molecule has 9 nitrogen and oxygen atoms in total. The highest BCUT2D eigenvalue weighted by Crippen LogP contribution is 2.35. The summed E-state index contributed by atoms with van der Waals surface area (Å²) in [7, 11) is 0. The molecule has 220 valence electrons. The zero-order valence-electron chi connectivity index (χ0n) is 23.6. The molecule has 1 aromatic carbocycles. The van der Waals surface area contributed by atoms with E-state index < -0.39 is 11.7 Å². The van der Waals surface area contributed by atoms with E-state index in [-0.39, 0.29) is 30.1 Å². The fourth-order valence-electron chi connectivity index (χ4n) is 5.00. The molecule has 4 rings (SSSR count). The highest BCUT2D eigenvalue weighted by Gasteiger charge is 2.35. The Bertz CT molecular complexity index is 1140. The Balaban J connectivity index is 1.46. The minimum atomic E-state index is -4.61. The summed E-state index contributed by atoms with van der Waals surface area (Å²) >= 11 is 0. The number of alkyl halides is 3. The smallest absolute Gasteiger partial charge is 0.379 e. The Kier molecular flexibility index (Phi) is 10.1. The minimum Gasteiger partial charge on any atom is -0.379 e. The van der Waals surface area contributed by atoms with Crippen molar-refractivity contribution < 1.29 is 22.7 Å². The average Bonchev–Trinajstić information content (AvgIpc) is 3.14. The number of hydrogen-bond donors (Lipinski definition) is 2. The molecule has 2 aliphatic heterocycles. The fourth-order valence-corrected chi connectivity index (χ4v) is 5.00. The normalized spacial score (nSPS) is 17.3. The van der Waals surface area contributed by atoms with Gasteiger partial charge in [-0.3, -0.25) is 4.79 Å².